The largest absolute Gasteiger partial charge is 0.477 e. The highest BCUT2D eigenvalue weighted by molar-refractivity contribution is 5.99. The number of nitro benzene ring substituents is 2. The minimum Gasteiger partial charge on any atom is -0.477 e. The molecule has 94 valence electrons. The Hall–Kier alpha value is -3.04. The van der Waals surface area contributed by atoms with Crippen LogP contribution in [-0.4, -0.2) is 32.0 Å². The molecule has 0 aliphatic rings. The molecule has 10 heteroatoms. The van der Waals surface area contributed by atoms with Crippen LogP contribution in [0.25, 0.3) is 0 Å². The first-order valence-corrected chi connectivity index (χ1v) is 4.19. The summed E-state index contributed by atoms with van der Waals surface area (Å²) in [5.74, 6) is -3.52. The van der Waals surface area contributed by atoms with Crippen LogP contribution in [0, 0.1) is 20.2 Å². The minimum absolute atomic E-state index is 0.351. The van der Waals surface area contributed by atoms with E-state index < -0.39 is 44.3 Å². The highest BCUT2D eigenvalue weighted by atomic mass is 16.6. The van der Waals surface area contributed by atoms with Crippen LogP contribution in [0.3, 0.4) is 0 Å². The molecule has 1 aromatic carbocycles. The first-order chi connectivity index (χ1) is 8.25. The van der Waals surface area contributed by atoms with Crippen LogP contribution < -0.4 is 0 Å². The lowest BCUT2D eigenvalue weighted by Crippen LogP contribution is -2.09. The smallest absolute Gasteiger partial charge is 0.342 e. The maximum atomic E-state index is 10.7. The molecule has 0 atom stereocenters. The van der Waals surface area contributed by atoms with Gasteiger partial charge in [0, 0.05) is 12.1 Å². The van der Waals surface area contributed by atoms with Crippen molar-refractivity contribution < 1.29 is 29.6 Å². The number of carbonyl (C=O) groups is 2. The Kier molecular flexibility index (Phi) is 3.22. The molecule has 1 aromatic rings. The number of hydrogen-bond donors (Lipinski definition) is 2. The molecule has 0 saturated carbocycles. The van der Waals surface area contributed by atoms with Gasteiger partial charge in [-0.3, -0.25) is 20.2 Å². The fourth-order valence-electron chi connectivity index (χ4n) is 1.22. The maximum absolute atomic E-state index is 10.7. The summed E-state index contributed by atoms with van der Waals surface area (Å²) < 4.78 is 0. The molecule has 2 N–H and O–H groups in total. The summed E-state index contributed by atoms with van der Waals surface area (Å²) in [6, 6.07) is 0.702. The molecule has 0 radical (unpaired) electrons. The van der Waals surface area contributed by atoms with Crippen molar-refractivity contribution in [2.45, 2.75) is 0 Å². The summed E-state index contributed by atoms with van der Waals surface area (Å²) in [6.45, 7) is 0. The van der Waals surface area contributed by atoms with Gasteiger partial charge in [-0.05, 0) is 0 Å². The number of carboxylic acid groups (broad SMARTS) is 2. The summed E-state index contributed by atoms with van der Waals surface area (Å²) in [5, 5.41) is 38.5. The van der Waals surface area contributed by atoms with Gasteiger partial charge in [0.2, 0.25) is 0 Å². The quantitative estimate of drug-likeness (QED) is 0.592. The summed E-state index contributed by atoms with van der Waals surface area (Å²) in [6.07, 6.45) is 0. The molecule has 18 heavy (non-hydrogen) atoms. The van der Waals surface area contributed by atoms with Gasteiger partial charge in [0.1, 0.15) is 11.1 Å². The van der Waals surface area contributed by atoms with Crippen LogP contribution in [0.2, 0.25) is 0 Å². The minimum atomic E-state index is -1.76. The van der Waals surface area contributed by atoms with Crippen molar-refractivity contribution in [3.05, 3.63) is 43.5 Å². The van der Waals surface area contributed by atoms with Gasteiger partial charge in [0.05, 0.1) is 9.85 Å². The zero-order valence-corrected chi connectivity index (χ0v) is 8.39. The zero-order valence-electron chi connectivity index (χ0n) is 8.39. The van der Waals surface area contributed by atoms with Crippen LogP contribution in [0.15, 0.2) is 12.1 Å². The van der Waals surface area contributed by atoms with Crippen LogP contribution in [-0.2, 0) is 0 Å². The highest BCUT2D eigenvalue weighted by Gasteiger charge is 2.30. The molecule has 0 aliphatic carbocycles. The molecule has 0 heterocycles. The third-order valence-corrected chi connectivity index (χ3v) is 1.97. The molecule has 0 saturated heterocycles. The number of nitro groups is 2. The second-order valence-electron chi connectivity index (χ2n) is 3.01. The Bertz CT molecular complexity index is 480. The standard InChI is InChI=1S/C8H4N2O8/c11-7(12)3-1-5(9(15)16)4(8(13)14)2-6(3)10(17)18/h1-2H,(H,11,12)(H,13,14). The van der Waals surface area contributed by atoms with Gasteiger partial charge in [0.25, 0.3) is 11.4 Å². The summed E-state index contributed by atoms with van der Waals surface area (Å²) in [7, 11) is 0. The Labute approximate surface area is 97.4 Å². The van der Waals surface area contributed by atoms with Crippen LogP contribution in [0.4, 0.5) is 11.4 Å². The number of aromatic carboxylic acids is 2. The van der Waals surface area contributed by atoms with Crippen LogP contribution in [0.1, 0.15) is 20.7 Å². The van der Waals surface area contributed by atoms with Gasteiger partial charge in [-0.2, -0.15) is 0 Å². The zero-order chi connectivity index (χ0) is 14.0. The molecule has 0 spiro atoms. The van der Waals surface area contributed by atoms with Gasteiger partial charge < -0.3 is 10.2 Å². The average Bonchev–Trinajstić information content (AvgIpc) is 2.26. The number of rotatable bonds is 4. The molecular formula is C8H4N2O8. The lowest BCUT2D eigenvalue weighted by Gasteiger charge is -2.01. The second kappa shape index (κ2) is 4.45. The molecule has 0 aromatic heterocycles. The van der Waals surface area contributed by atoms with E-state index in [1.807, 2.05) is 0 Å². The first kappa shape index (κ1) is 13.0. The van der Waals surface area contributed by atoms with Gasteiger partial charge in [-0.15, -0.1) is 0 Å². The van der Waals surface area contributed by atoms with Crippen molar-refractivity contribution in [1.82, 2.24) is 0 Å². The van der Waals surface area contributed by atoms with Crippen molar-refractivity contribution in [3.63, 3.8) is 0 Å². The molecule has 1 rings (SSSR count). The fourth-order valence-corrected chi connectivity index (χ4v) is 1.22. The Morgan fingerprint density at radius 2 is 1.17 bits per heavy atom. The molecule has 0 bridgehead atoms. The third kappa shape index (κ3) is 2.21. The lowest BCUT2D eigenvalue weighted by atomic mass is 10.1. The van der Waals surface area contributed by atoms with E-state index >= 15 is 0 Å². The number of nitrogens with zero attached hydrogens (tertiary/aromatic N) is 2. The van der Waals surface area contributed by atoms with E-state index in [0.717, 1.165) is 0 Å². The molecule has 0 amide bonds. The van der Waals surface area contributed by atoms with Crippen molar-refractivity contribution in [2.24, 2.45) is 0 Å². The van der Waals surface area contributed by atoms with E-state index in [-0.39, 0.29) is 0 Å². The van der Waals surface area contributed by atoms with E-state index in [4.69, 9.17) is 10.2 Å². The lowest BCUT2D eigenvalue weighted by molar-refractivity contribution is -0.389. The molecule has 10 nitrogen and oxygen atoms in total. The molecule has 0 aliphatic heterocycles. The Morgan fingerprint density at radius 3 is 1.33 bits per heavy atom. The second-order valence-corrected chi connectivity index (χ2v) is 3.01. The first-order valence-electron chi connectivity index (χ1n) is 4.19. The number of hydrogen-bond acceptors (Lipinski definition) is 6. The predicted octanol–water partition coefficient (Wildman–Crippen LogP) is 0.899. The summed E-state index contributed by atoms with van der Waals surface area (Å²) in [4.78, 5) is 40.3. The average molecular weight is 256 g/mol. The van der Waals surface area contributed by atoms with Gasteiger partial charge in [0.15, 0.2) is 0 Å². The SMILES string of the molecule is O=C(O)c1cc([N+](=O)[O-])c(C(=O)O)cc1[N+](=O)[O-]. The van der Waals surface area contributed by atoms with Crippen molar-refractivity contribution >= 4 is 23.3 Å². The van der Waals surface area contributed by atoms with E-state index in [0.29, 0.717) is 12.1 Å². The summed E-state index contributed by atoms with van der Waals surface area (Å²) in [5.41, 5.74) is -3.94. The third-order valence-electron chi connectivity index (χ3n) is 1.97. The van der Waals surface area contributed by atoms with Gasteiger partial charge in [-0.25, -0.2) is 9.59 Å². The maximum Gasteiger partial charge on any atom is 0.342 e. The Balaban J connectivity index is 3.71. The van der Waals surface area contributed by atoms with Gasteiger partial charge in [-0.1, -0.05) is 0 Å². The van der Waals surface area contributed by atoms with E-state index in [9.17, 15) is 29.8 Å². The molecule has 0 fully saturated rings. The normalized spacial score (nSPS) is 9.78. The number of carboxylic acids is 2. The highest BCUT2D eigenvalue weighted by Crippen LogP contribution is 2.28. The van der Waals surface area contributed by atoms with E-state index in [1.165, 1.54) is 0 Å². The number of benzene rings is 1. The summed E-state index contributed by atoms with van der Waals surface area (Å²) >= 11 is 0. The predicted molar refractivity (Wildman–Crippen MR) is 53.7 cm³/mol. The van der Waals surface area contributed by atoms with Crippen molar-refractivity contribution in [2.75, 3.05) is 0 Å². The van der Waals surface area contributed by atoms with Crippen LogP contribution >= 0.6 is 0 Å². The van der Waals surface area contributed by atoms with Crippen LogP contribution in [0.5, 0.6) is 0 Å². The Morgan fingerprint density at radius 1 is 0.889 bits per heavy atom. The monoisotopic (exact) mass is 256 g/mol. The van der Waals surface area contributed by atoms with E-state index in [2.05, 4.69) is 0 Å². The molecule has 0 unspecified atom stereocenters. The van der Waals surface area contributed by atoms with Crippen molar-refractivity contribution in [3.8, 4) is 0 Å². The fraction of sp³-hybridized carbons (Fsp3) is 0. The van der Waals surface area contributed by atoms with Crippen molar-refractivity contribution in [1.29, 1.82) is 0 Å². The topological polar surface area (TPSA) is 161 Å². The van der Waals surface area contributed by atoms with E-state index in [1.54, 1.807) is 0 Å². The van der Waals surface area contributed by atoms with Gasteiger partial charge >= 0.3 is 11.9 Å². The molecular weight excluding hydrogens is 252 g/mol.